The first-order valence-electron chi connectivity index (χ1n) is 6.21. The highest BCUT2D eigenvalue weighted by atomic mass is 79.9. The lowest BCUT2D eigenvalue weighted by molar-refractivity contribution is -0.173. The van der Waals surface area contributed by atoms with Gasteiger partial charge in [-0.3, -0.25) is 5.73 Å². The Balaban J connectivity index is 2.80. The van der Waals surface area contributed by atoms with E-state index in [1.807, 2.05) is 6.07 Å². The third-order valence-corrected chi connectivity index (χ3v) is 2.99. The van der Waals surface area contributed by atoms with Crippen LogP contribution in [-0.2, 0) is 25.4 Å². The van der Waals surface area contributed by atoms with Crippen LogP contribution in [0.25, 0.3) is 0 Å². The molecule has 0 saturated heterocycles. The molecule has 0 aliphatic carbocycles. The van der Waals surface area contributed by atoms with Crippen LogP contribution >= 0.6 is 15.9 Å². The second kappa shape index (κ2) is 8.31. The summed E-state index contributed by atoms with van der Waals surface area (Å²) < 4.78 is 16.0. The average molecular weight is 347 g/mol. The second-order valence-corrected chi connectivity index (χ2v) is 4.93. The zero-order valence-electron chi connectivity index (χ0n) is 11.6. The fourth-order valence-electron chi connectivity index (χ4n) is 1.56. The van der Waals surface area contributed by atoms with Gasteiger partial charge in [0.2, 0.25) is 5.72 Å². The van der Waals surface area contributed by atoms with Crippen molar-refractivity contribution in [2.75, 3.05) is 26.9 Å². The number of rotatable bonds is 8. The Kier molecular flexibility index (Phi) is 7.08. The SMILES string of the molecule is CCOC(=O)C(N)(Cc1ccc(Br)nc1)OCCOC. The van der Waals surface area contributed by atoms with Gasteiger partial charge in [0.15, 0.2) is 0 Å². The number of nitrogens with two attached hydrogens (primary N) is 1. The molecule has 112 valence electrons. The summed E-state index contributed by atoms with van der Waals surface area (Å²) >= 11 is 3.25. The van der Waals surface area contributed by atoms with Gasteiger partial charge in [0, 0.05) is 19.7 Å². The van der Waals surface area contributed by atoms with Crippen molar-refractivity contribution in [3.63, 3.8) is 0 Å². The number of hydrogen-bond acceptors (Lipinski definition) is 6. The molecular formula is C13H19BrN2O4. The van der Waals surface area contributed by atoms with Gasteiger partial charge in [0.25, 0.3) is 0 Å². The van der Waals surface area contributed by atoms with Crippen LogP contribution in [0.1, 0.15) is 12.5 Å². The molecule has 7 heteroatoms. The molecule has 2 N–H and O–H groups in total. The number of pyridine rings is 1. The Morgan fingerprint density at radius 1 is 1.45 bits per heavy atom. The van der Waals surface area contributed by atoms with E-state index in [4.69, 9.17) is 19.9 Å². The Bertz CT molecular complexity index is 427. The summed E-state index contributed by atoms with van der Waals surface area (Å²) in [5.41, 5.74) is 5.29. The molecule has 20 heavy (non-hydrogen) atoms. The number of esters is 1. The van der Waals surface area contributed by atoms with E-state index < -0.39 is 11.7 Å². The maximum atomic E-state index is 12.0. The Morgan fingerprint density at radius 2 is 2.20 bits per heavy atom. The molecule has 0 aromatic carbocycles. The summed E-state index contributed by atoms with van der Waals surface area (Å²) in [6, 6.07) is 3.59. The lowest BCUT2D eigenvalue weighted by Crippen LogP contribution is -2.53. The van der Waals surface area contributed by atoms with Crippen LogP contribution in [-0.4, -0.2) is 43.6 Å². The van der Waals surface area contributed by atoms with Crippen LogP contribution in [0.3, 0.4) is 0 Å². The fourth-order valence-corrected chi connectivity index (χ4v) is 1.79. The van der Waals surface area contributed by atoms with Gasteiger partial charge in [-0.1, -0.05) is 6.07 Å². The topological polar surface area (TPSA) is 83.7 Å². The first kappa shape index (κ1) is 17.0. The molecule has 0 aliphatic heterocycles. The molecule has 6 nitrogen and oxygen atoms in total. The zero-order valence-corrected chi connectivity index (χ0v) is 13.2. The molecule has 1 rings (SSSR count). The van der Waals surface area contributed by atoms with Crippen molar-refractivity contribution in [1.82, 2.24) is 4.98 Å². The van der Waals surface area contributed by atoms with Crippen LogP contribution in [0.15, 0.2) is 22.9 Å². The smallest absolute Gasteiger partial charge is 0.353 e. The maximum absolute atomic E-state index is 12.0. The minimum atomic E-state index is -1.54. The lowest BCUT2D eigenvalue weighted by atomic mass is 10.1. The highest BCUT2D eigenvalue weighted by Gasteiger charge is 2.37. The molecule has 0 spiro atoms. The summed E-state index contributed by atoms with van der Waals surface area (Å²) in [5.74, 6) is -0.598. The normalized spacial score (nSPS) is 13.8. The van der Waals surface area contributed by atoms with Gasteiger partial charge >= 0.3 is 5.97 Å². The van der Waals surface area contributed by atoms with Crippen LogP contribution < -0.4 is 5.73 Å². The molecule has 1 heterocycles. The minimum Gasteiger partial charge on any atom is -0.463 e. The van der Waals surface area contributed by atoms with E-state index in [0.29, 0.717) is 11.2 Å². The van der Waals surface area contributed by atoms with E-state index in [9.17, 15) is 4.79 Å². The van der Waals surface area contributed by atoms with Crippen molar-refractivity contribution in [2.45, 2.75) is 19.1 Å². The van der Waals surface area contributed by atoms with Crippen molar-refractivity contribution in [3.8, 4) is 0 Å². The number of aromatic nitrogens is 1. The molecular weight excluding hydrogens is 328 g/mol. The van der Waals surface area contributed by atoms with Crippen LogP contribution in [0.4, 0.5) is 0 Å². The highest BCUT2D eigenvalue weighted by Crippen LogP contribution is 2.16. The predicted molar refractivity (Wildman–Crippen MR) is 77.0 cm³/mol. The van der Waals surface area contributed by atoms with Gasteiger partial charge < -0.3 is 14.2 Å². The first-order valence-corrected chi connectivity index (χ1v) is 7.00. The monoisotopic (exact) mass is 346 g/mol. The largest absolute Gasteiger partial charge is 0.463 e. The van der Waals surface area contributed by atoms with Gasteiger partial charge in [-0.05, 0) is 34.5 Å². The van der Waals surface area contributed by atoms with Crippen molar-refractivity contribution >= 4 is 21.9 Å². The van der Waals surface area contributed by atoms with E-state index in [2.05, 4.69) is 20.9 Å². The quantitative estimate of drug-likeness (QED) is 0.330. The molecule has 1 aromatic heterocycles. The Morgan fingerprint density at radius 3 is 2.75 bits per heavy atom. The number of carbonyl (C=O) groups excluding carboxylic acids is 1. The van der Waals surface area contributed by atoms with Crippen molar-refractivity contribution in [2.24, 2.45) is 5.73 Å². The van der Waals surface area contributed by atoms with Gasteiger partial charge in [0.05, 0.1) is 19.8 Å². The van der Waals surface area contributed by atoms with Crippen LogP contribution in [0, 0.1) is 0 Å². The molecule has 0 bridgehead atoms. The fraction of sp³-hybridized carbons (Fsp3) is 0.538. The van der Waals surface area contributed by atoms with Crippen molar-refractivity contribution in [1.29, 1.82) is 0 Å². The van der Waals surface area contributed by atoms with Crippen LogP contribution in [0.5, 0.6) is 0 Å². The van der Waals surface area contributed by atoms with E-state index in [-0.39, 0.29) is 19.6 Å². The van der Waals surface area contributed by atoms with Gasteiger partial charge in [-0.25, -0.2) is 9.78 Å². The molecule has 1 aromatic rings. The zero-order chi connectivity index (χ0) is 15.0. The lowest BCUT2D eigenvalue weighted by Gasteiger charge is -2.27. The first-order chi connectivity index (χ1) is 9.51. The standard InChI is InChI=1S/C13H19BrN2O4/c1-3-19-12(17)13(15,20-7-6-18-2)8-10-4-5-11(14)16-9-10/h4-5,9H,3,6-8,15H2,1-2H3. The van der Waals surface area contributed by atoms with E-state index in [1.54, 1.807) is 26.3 Å². The maximum Gasteiger partial charge on any atom is 0.353 e. The molecule has 0 amide bonds. The van der Waals surface area contributed by atoms with Gasteiger partial charge in [-0.15, -0.1) is 0 Å². The molecule has 1 unspecified atom stereocenters. The molecule has 0 radical (unpaired) electrons. The Labute approximate surface area is 126 Å². The van der Waals surface area contributed by atoms with Crippen molar-refractivity contribution in [3.05, 3.63) is 28.5 Å². The number of halogens is 1. The number of nitrogens with zero attached hydrogens (tertiary/aromatic N) is 1. The van der Waals surface area contributed by atoms with E-state index in [0.717, 1.165) is 5.56 Å². The minimum absolute atomic E-state index is 0.176. The summed E-state index contributed by atoms with van der Waals surface area (Å²) in [6.45, 7) is 2.51. The summed E-state index contributed by atoms with van der Waals surface area (Å²) in [5, 5.41) is 0. The number of methoxy groups -OCH3 is 1. The summed E-state index contributed by atoms with van der Waals surface area (Å²) in [4.78, 5) is 16.1. The van der Waals surface area contributed by atoms with Crippen molar-refractivity contribution < 1.29 is 19.0 Å². The number of carbonyl (C=O) groups is 1. The third kappa shape index (κ3) is 5.16. The summed E-state index contributed by atoms with van der Waals surface area (Å²) in [7, 11) is 1.55. The molecule has 1 atom stereocenters. The van der Waals surface area contributed by atoms with E-state index >= 15 is 0 Å². The third-order valence-electron chi connectivity index (χ3n) is 2.52. The number of ether oxygens (including phenoxy) is 3. The van der Waals surface area contributed by atoms with E-state index in [1.165, 1.54) is 0 Å². The predicted octanol–water partition coefficient (Wildman–Crippen LogP) is 1.27. The number of hydrogen-bond donors (Lipinski definition) is 1. The second-order valence-electron chi connectivity index (χ2n) is 4.12. The molecule has 0 aliphatic rings. The highest BCUT2D eigenvalue weighted by molar-refractivity contribution is 9.10. The molecule has 0 saturated carbocycles. The Hall–Kier alpha value is -1.02. The van der Waals surface area contributed by atoms with Crippen LogP contribution in [0.2, 0.25) is 0 Å². The van der Waals surface area contributed by atoms with Gasteiger partial charge in [-0.2, -0.15) is 0 Å². The van der Waals surface area contributed by atoms with Gasteiger partial charge in [0.1, 0.15) is 4.60 Å². The molecule has 0 fully saturated rings. The summed E-state index contributed by atoms with van der Waals surface area (Å²) in [6.07, 6.45) is 1.81. The average Bonchev–Trinajstić information content (AvgIpc) is 2.42.